The summed E-state index contributed by atoms with van der Waals surface area (Å²) in [6, 6.07) is 15.0. The number of nitrogens with zero attached hydrogens (tertiary/aromatic N) is 1. The molecular formula is C21H19N3O3. The molecule has 0 saturated carbocycles. The molecular weight excluding hydrogens is 342 g/mol. The molecule has 6 nitrogen and oxygen atoms in total. The highest BCUT2D eigenvalue weighted by atomic mass is 16.7. The van der Waals surface area contributed by atoms with Crippen LogP contribution in [0, 0.1) is 13.8 Å². The molecule has 0 spiro atoms. The summed E-state index contributed by atoms with van der Waals surface area (Å²) in [4.78, 5) is 16.8. The number of hydrogen-bond donors (Lipinski definition) is 2. The first-order chi connectivity index (χ1) is 13.1. The van der Waals surface area contributed by atoms with Crippen LogP contribution in [0.1, 0.15) is 21.5 Å². The number of carbonyl (C=O) groups is 1. The van der Waals surface area contributed by atoms with Gasteiger partial charge in [0.05, 0.1) is 11.9 Å². The summed E-state index contributed by atoms with van der Waals surface area (Å²) in [6.07, 6.45) is 1.62. The summed E-state index contributed by atoms with van der Waals surface area (Å²) in [5.74, 6) is 1.71. The van der Waals surface area contributed by atoms with E-state index >= 15 is 0 Å². The molecule has 0 unspecified atom stereocenters. The van der Waals surface area contributed by atoms with Crippen LogP contribution in [0.5, 0.6) is 11.5 Å². The van der Waals surface area contributed by atoms with Crippen LogP contribution < -0.4 is 20.1 Å². The summed E-state index contributed by atoms with van der Waals surface area (Å²) in [6.45, 7) is 4.27. The van der Waals surface area contributed by atoms with Crippen molar-refractivity contribution in [2.45, 2.75) is 13.8 Å². The van der Waals surface area contributed by atoms with Crippen LogP contribution in [-0.4, -0.2) is 17.7 Å². The minimum absolute atomic E-state index is 0.180. The van der Waals surface area contributed by atoms with Gasteiger partial charge < -0.3 is 20.1 Å². The van der Waals surface area contributed by atoms with Gasteiger partial charge in [0, 0.05) is 11.3 Å². The first-order valence-electron chi connectivity index (χ1n) is 8.60. The number of carbonyl (C=O) groups excluding carboxylic acids is 1. The van der Waals surface area contributed by atoms with E-state index in [0.29, 0.717) is 28.6 Å². The molecule has 0 bridgehead atoms. The summed E-state index contributed by atoms with van der Waals surface area (Å²) in [5.41, 5.74) is 4.44. The molecule has 0 saturated heterocycles. The lowest BCUT2D eigenvalue weighted by molar-refractivity contribution is 0.102. The molecule has 0 atom stereocenters. The van der Waals surface area contributed by atoms with Crippen LogP contribution in [0.15, 0.2) is 54.7 Å². The van der Waals surface area contributed by atoms with E-state index in [1.165, 1.54) is 5.56 Å². The van der Waals surface area contributed by atoms with Crippen LogP contribution in [0.25, 0.3) is 0 Å². The molecule has 6 heteroatoms. The lowest BCUT2D eigenvalue weighted by atomic mass is 10.1. The van der Waals surface area contributed by atoms with Crippen LogP contribution in [0.2, 0.25) is 0 Å². The summed E-state index contributed by atoms with van der Waals surface area (Å²) in [5, 5.41) is 6.13. The van der Waals surface area contributed by atoms with Crippen LogP contribution in [0.3, 0.4) is 0 Å². The summed E-state index contributed by atoms with van der Waals surface area (Å²) in [7, 11) is 0. The maximum atomic E-state index is 12.4. The third-order valence-electron chi connectivity index (χ3n) is 4.31. The van der Waals surface area contributed by atoms with Crippen molar-refractivity contribution >= 4 is 23.1 Å². The van der Waals surface area contributed by atoms with E-state index in [0.717, 1.165) is 11.3 Å². The van der Waals surface area contributed by atoms with Crippen molar-refractivity contribution < 1.29 is 14.3 Å². The molecule has 0 radical (unpaired) electrons. The second kappa shape index (κ2) is 6.99. The number of amides is 1. The second-order valence-corrected chi connectivity index (χ2v) is 6.40. The van der Waals surface area contributed by atoms with Gasteiger partial charge in [0.2, 0.25) is 6.79 Å². The van der Waals surface area contributed by atoms with Crippen molar-refractivity contribution in [1.29, 1.82) is 0 Å². The van der Waals surface area contributed by atoms with Crippen molar-refractivity contribution in [2.75, 3.05) is 17.4 Å². The predicted molar refractivity (Wildman–Crippen MR) is 104 cm³/mol. The fourth-order valence-corrected chi connectivity index (χ4v) is 2.79. The van der Waals surface area contributed by atoms with Gasteiger partial charge in [-0.25, -0.2) is 4.98 Å². The zero-order valence-electron chi connectivity index (χ0n) is 15.1. The van der Waals surface area contributed by atoms with Crippen molar-refractivity contribution in [3.8, 4) is 11.5 Å². The standard InChI is InChI=1S/C21H19N3O3/c1-13-3-4-14(2)17(9-13)24-20-8-6-16(11-22-20)23-21(25)15-5-7-18-19(10-15)27-12-26-18/h3-11H,12H2,1-2H3,(H,22,24)(H,23,25). The zero-order chi connectivity index (χ0) is 18.8. The highest BCUT2D eigenvalue weighted by Gasteiger charge is 2.16. The molecule has 1 amide bonds. The molecule has 2 heterocycles. The monoisotopic (exact) mass is 361 g/mol. The molecule has 1 aliphatic rings. The Morgan fingerprint density at radius 1 is 1.00 bits per heavy atom. The van der Waals surface area contributed by atoms with Crippen molar-refractivity contribution in [2.24, 2.45) is 0 Å². The van der Waals surface area contributed by atoms with Crippen molar-refractivity contribution in [3.05, 3.63) is 71.4 Å². The Kier molecular flexibility index (Phi) is 4.38. The van der Waals surface area contributed by atoms with Gasteiger partial charge in [0.1, 0.15) is 5.82 Å². The number of benzene rings is 2. The average Bonchev–Trinajstić information content (AvgIpc) is 3.14. The molecule has 136 valence electrons. The minimum atomic E-state index is -0.231. The molecule has 2 N–H and O–H groups in total. The van der Waals surface area contributed by atoms with Gasteiger partial charge in [0.25, 0.3) is 5.91 Å². The summed E-state index contributed by atoms with van der Waals surface area (Å²) >= 11 is 0. The number of anilines is 3. The highest BCUT2D eigenvalue weighted by molar-refractivity contribution is 6.04. The Morgan fingerprint density at radius 3 is 2.67 bits per heavy atom. The molecule has 27 heavy (non-hydrogen) atoms. The quantitative estimate of drug-likeness (QED) is 0.719. The van der Waals surface area contributed by atoms with Gasteiger partial charge in [-0.05, 0) is 61.4 Å². The molecule has 3 aromatic rings. The Morgan fingerprint density at radius 2 is 1.85 bits per heavy atom. The van der Waals surface area contributed by atoms with Crippen LogP contribution in [-0.2, 0) is 0 Å². The largest absolute Gasteiger partial charge is 0.454 e. The first kappa shape index (κ1) is 16.9. The zero-order valence-corrected chi connectivity index (χ0v) is 15.1. The summed E-state index contributed by atoms with van der Waals surface area (Å²) < 4.78 is 10.6. The van der Waals surface area contributed by atoms with E-state index in [2.05, 4.69) is 33.8 Å². The number of pyridine rings is 1. The fraction of sp³-hybridized carbons (Fsp3) is 0.143. The normalized spacial score (nSPS) is 11.9. The van der Waals surface area contributed by atoms with Crippen LogP contribution >= 0.6 is 0 Å². The topological polar surface area (TPSA) is 72.5 Å². The van der Waals surface area contributed by atoms with E-state index in [-0.39, 0.29) is 12.7 Å². The van der Waals surface area contributed by atoms with E-state index in [1.807, 2.05) is 26.0 Å². The van der Waals surface area contributed by atoms with Gasteiger partial charge in [-0.2, -0.15) is 0 Å². The number of ether oxygens (including phenoxy) is 2. The number of aryl methyl sites for hydroxylation is 2. The number of rotatable bonds is 4. The molecule has 0 fully saturated rings. The Balaban J connectivity index is 1.44. The lowest BCUT2D eigenvalue weighted by Gasteiger charge is -2.11. The molecule has 4 rings (SSSR count). The smallest absolute Gasteiger partial charge is 0.255 e. The van der Waals surface area contributed by atoms with Gasteiger partial charge in [-0.1, -0.05) is 12.1 Å². The van der Waals surface area contributed by atoms with Gasteiger partial charge in [-0.3, -0.25) is 4.79 Å². The molecule has 1 aliphatic heterocycles. The van der Waals surface area contributed by atoms with Crippen molar-refractivity contribution in [1.82, 2.24) is 4.98 Å². The average molecular weight is 361 g/mol. The molecule has 2 aromatic carbocycles. The first-order valence-corrected chi connectivity index (χ1v) is 8.60. The van der Waals surface area contributed by atoms with Crippen LogP contribution in [0.4, 0.5) is 17.2 Å². The number of fused-ring (bicyclic) bond motifs is 1. The number of aromatic nitrogens is 1. The minimum Gasteiger partial charge on any atom is -0.454 e. The van der Waals surface area contributed by atoms with Gasteiger partial charge in [-0.15, -0.1) is 0 Å². The molecule has 0 aliphatic carbocycles. The van der Waals surface area contributed by atoms with E-state index in [4.69, 9.17) is 9.47 Å². The lowest BCUT2D eigenvalue weighted by Crippen LogP contribution is -2.12. The predicted octanol–water partition coefficient (Wildman–Crippen LogP) is 4.42. The van der Waals surface area contributed by atoms with E-state index in [9.17, 15) is 4.79 Å². The Hall–Kier alpha value is -3.54. The Bertz CT molecular complexity index is 1000. The van der Waals surface area contributed by atoms with E-state index in [1.54, 1.807) is 24.4 Å². The fourth-order valence-electron chi connectivity index (χ4n) is 2.79. The maximum absolute atomic E-state index is 12.4. The van der Waals surface area contributed by atoms with E-state index < -0.39 is 0 Å². The Labute approximate surface area is 157 Å². The van der Waals surface area contributed by atoms with Crippen molar-refractivity contribution in [3.63, 3.8) is 0 Å². The molecule has 1 aromatic heterocycles. The number of hydrogen-bond acceptors (Lipinski definition) is 5. The SMILES string of the molecule is Cc1ccc(C)c(Nc2ccc(NC(=O)c3ccc4c(c3)OCO4)cn2)c1. The third-order valence-corrected chi connectivity index (χ3v) is 4.31. The van der Waals surface area contributed by atoms with Gasteiger partial charge in [0.15, 0.2) is 11.5 Å². The highest BCUT2D eigenvalue weighted by Crippen LogP contribution is 2.32. The van der Waals surface area contributed by atoms with Gasteiger partial charge >= 0.3 is 0 Å². The second-order valence-electron chi connectivity index (χ2n) is 6.40. The number of nitrogens with one attached hydrogen (secondary N) is 2. The third kappa shape index (κ3) is 3.69. The maximum Gasteiger partial charge on any atom is 0.255 e.